The van der Waals surface area contributed by atoms with E-state index in [-0.39, 0.29) is 0 Å². The Morgan fingerprint density at radius 3 is 1.78 bits per heavy atom. The molecule has 2 heterocycles. The molecule has 0 aliphatic carbocycles. The van der Waals surface area contributed by atoms with Crippen molar-refractivity contribution < 1.29 is 4.42 Å². The summed E-state index contributed by atoms with van der Waals surface area (Å²) >= 11 is 0. The molecular weight excluding hydrogens is 560 g/mol. The van der Waals surface area contributed by atoms with Crippen LogP contribution in [0.3, 0.4) is 0 Å². The van der Waals surface area contributed by atoms with Crippen LogP contribution in [0.25, 0.3) is 83.4 Å². The molecule has 3 nitrogen and oxygen atoms in total. The lowest BCUT2D eigenvalue weighted by molar-refractivity contribution is 0.669. The highest BCUT2D eigenvalue weighted by Crippen LogP contribution is 2.42. The number of fused-ring (bicyclic) bond motifs is 4. The predicted octanol–water partition coefficient (Wildman–Crippen LogP) is 11.6. The molecule has 0 bridgehead atoms. The molecule has 0 amide bonds. The van der Waals surface area contributed by atoms with Crippen LogP contribution in [-0.4, -0.2) is 9.55 Å². The fraction of sp³-hybridized carbons (Fsp3) is 0. The Kier molecular flexibility index (Phi) is 6.14. The highest BCUT2D eigenvalue weighted by molar-refractivity contribution is 6.13. The van der Waals surface area contributed by atoms with Gasteiger partial charge in [-0.25, -0.2) is 4.98 Å². The van der Waals surface area contributed by atoms with Gasteiger partial charge in [0.2, 0.25) is 0 Å². The van der Waals surface area contributed by atoms with E-state index in [0.29, 0.717) is 0 Å². The van der Waals surface area contributed by atoms with E-state index in [1.165, 1.54) is 16.7 Å². The second kappa shape index (κ2) is 10.8. The van der Waals surface area contributed by atoms with Crippen molar-refractivity contribution in [2.45, 2.75) is 0 Å². The van der Waals surface area contributed by atoms with Gasteiger partial charge in [-0.2, -0.15) is 0 Å². The lowest BCUT2D eigenvalue weighted by Gasteiger charge is -2.13. The number of benzene rings is 7. The second-order valence-electron chi connectivity index (χ2n) is 11.6. The van der Waals surface area contributed by atoms with Crippen LogP contribution in [0.5, 0.6) is 0 Å². The third kappa shape index (κ3) is 4.41. The molecule has 9 rings (SSSR count). The molecule has 0 saturated carbocycles. The molecule has 0 N–H and O–H groups in total. The fourth-order valence-corrected chi connectivity index (χ4v) is 6.63. The monoisotopic (exact) mass is 588 g/mol. The predicted molar refractivity (Wildman–Crippen MR) is 190 cm³/mol. The van der Waals surface area contributed by atoms with Gasteiger partial charge >= 0.3 is 0 Å². The fourth-order valence-electron chi connectivity index (χ4n) is 6.63. The minimum Gasteiger partial charge on any atom is -0.456 e. The number of rotatable bonds is 5. The van der Waals surface area contributed by atoms with Gasteiger partial charge in [0.15, 0.2) is 0 Å². The van der Waals surface area contributed by atoms with Crippen molar-refractivity contribution in [1.29, 1.82) is 0 Å². The largest absolute Gasteiger partial charge is 0.456 e. The molecule has 216 valence electrons. The molecular formula is C43H28N2O. The number of hydrogen-bond acceptors (Lipinski definition) is 2. The Morgan fingerprint density at radius 2 is 1.02 bits per heavy atom. The Bertz CT molecular complexity index is 2520. The lowest BCUT2D eigenvalue weighted by Crippen LogP contribution is -1.98. The average molecular weight is 589 g/mol. The van der Waals surface area contributed by atoms with Crippen LogP contribution in [0.4, 0.5) is 0 Å². The van der Waals surface area contributed by atoms with Gasteiger partial charge in [0.05, 0.1) is 11.0 Å². The summed E-state index contributed by atoms with van der Waals surface area (Å²) in [6.07, 6.45) is 0. The summed E-state index contributed by atoms with van der Waals surface area (Å²) in [6, 6.07) is 59.6. The Hall–Kier alpha value is -6.19. The normalized spacial score (nSPS) is 11.5. The summed E-state index contributed by atoms with van der Waals surface area (Å²) in [4.78, 5) is 5.26. The lowest BCUT2D eigenvalue weighted by atomic mass is 9.94. The maximum atomic E-state index is 6.54. The van der Waals surface area contributed by atoms with Crippen molar-refractivity contribution in [2.24, 2.45) is 0 Å². The Labute approximate surface area is 266 Å². The molecule has 3 heteroatoms. The molecule has 9 aromatic rings. The van der Waals surface area contributed by atoms with E-state index in [9.17, 15) is 0 Å². The van der Waals surface area contributed by atoms with Crippen molar-refractivity contribution in [1.82, 2.24) is 9.55 Å². The molecule has 46 heavy (non-hydrogen) atoms. The van der Waals surface area contributed by atoms with Crippen LogP contribution < -0.4 is 0 Å². The van der Waals surface area contributed by atoms with Crippen LogP contribution in [-0.2, 0) is 0 Å². The first-order chi connectivity index (χ1) is 22.8. The molecule has 0 unspecified atom stereocenters. The first-order valence-electron chi connectivity index (χ1n) is 15.5. The van der Waals surface area contributed by atoms with Crippen molar-refractivity contribution in [3.8, 4) is 50.5 Å². The van der Waals surface area contributed by atoms with E-state index < -0.39 is 0 Å². The maximum absolute atomic E-state index is 6.54. The molecule has 0 fully saturated rings. The van der Waals surface area contributed by atoms with E-state index in [4.69, 9.17) is 9.40 Å². The highest BCUT2D eigenvalue weighted by atomic mass is 16.3. The molecule has 0 atom stereocenters. The third-order valence-electron chi connectivity index (χ3n) is 8.79. The maximum Gasteiger partial charge on any atom is 0.146 e. The van der Waals surface area contributed by atoms with E-state index >= 15 is 0 Å². The average Bonchev–Trinajstić information content (AvgIpc) is 3.71. The number of aromatic nitrogens is 2. The van der Waals surface area contributed by atoms with Gasteiger partial charge in [-0.3, -0.25) is 4.57 Å². The topological polar surface area (TPSA) is 31.0 Å². The number of hydrogen-bond donors (Lipinski definition) is 0. The van der Waals surface area contributed by atoms with E-state index in [0.717, 1.165) is 66.7 Å². The standard InChI is InChI=1S/C43H28N2O/c1-3-13-29(14-4-1)30-15-11-16-31(25-30)32-17-12-18-33(26-32)34-27-37(42-36-21-7-10-24-40(36)46-41(42)28-34)43-44-38-22-8-9-23-39(38)45(43)35-19-5-2-6-20-35/h1-28H. The van der Waals surface area contributed by atoms with Gasteiger partial charge in [0.25, 0.3) is 0 Å². The summed E-state index contributed by atoms with van der Waals surface area (Å²) < 4.78 is 8.80. The first kappa shape index (κ1) is 26.2. The molecule has 0 spiro atoms. The highest BCUT2D eigenvalue weighted by Gasteiger charge is 2.21. The zero-order valence-corrected chi connectivity index (χ0v) is 25.0. The minimum absolute atomic E-state index is 0.844. The van der Waals surface area contributed by atoms with Crippen molar-refractivity contribution >= 4 is 33.0 Å². The first-order valence-corrected chi connectivity index (χ1v) is 15.5. The van der Waals surface area contributed by atoms with Crippen LogP contribution in [0.2, 0.25) is 0 Å². The Balaban J connectivity index is 1.27. The molecule has 7 aromatic carbocycles. The molecule has 0 saturated heterocycles. The van der Waals surface area contributed by atoms with Crippen LogP contribution in [0, 0.1) is 0 Å². The number of para-hydroxylation sites is 4. The summed E-state index contributed by atoms with van der Waals surface area (Å²) in [6.45, 7) is 0. The van der Waals surface area contributed by atoms with Crippen molar-refractivity contribution in [3.63, 3.8) is 0 Å². The summed E-state index contributed by atoms with van der Waals surface area (Å²) in [5.41, 5.74) is 12.8. The Morgan fingerprint density at radius 1 is 0.435 bits per heavy atom. The van der Waals surface area contributed by atoms with E-state index in [1.807, 2.05) is 24.3 Å². The molecule has 0 aliphatic rings. The summed E-state index contributed by atoms with van der Waals surface area (Å²) in [5.74, 6) is 0.887. The van der Waals surface area contributed by atoms with Crippen LogP contribution in [0.15, 0.2) is 174 Å². The summed E-state index contributed by atoms with van der Waals surface area (Å²) in [5, 5.41) is 2.15. The molecule has 0 aliphatic heterocycles. The van der Waals surface area contributed by atoms with Crippen molar-refractivity contribution in [2.75, 3.05) is 0 Å². The van der Waals surface area contributed by atoms with Crippen LogP contribution in [0.1, 0.15) is 0 Å². The third-order valence-corrected chi connectivity index (χ3v) is 8.79. The number of imidazole rings is 1. The van der Waals surface area contributed by atoms with Crippen LogP contribution >= 0.6 is 0 Å². The zero-order chi connectivity index (χ0) is 30.5. The number of furan rings is 1. The number of nitrogens with zero attached hydrogens (tertiary/aromatic N) is 2. The molecule has 2 aromatic heterocycles. The van der Waals surface area contributed by atoms with Gasteiger partial charge in [-0.1, -0.05) is 115 Å². The van der Waals surface area contributed by atoms with Crippen molar-refractivity contribution in [3.05, 3.63) is 170 Å². The van der Waals surface area contributed by atoms with E-state index in [1.54, 1.807) is 0 Å². The molecule has 0 radical (unpaired) electrons. The van der Waals surface area contributed by atoms with Gasteiger partial charge in [0.1, 0.15) is 17.0 Å². The zero-order valence-electron chi connectivity index (χ0n) is 25.0. The quantitative estimate of drug-likeness (QED) is 0.200. The van der Waals surface area contributed by atoms with Gasteiger partial charge in [0, 0.05) is 22.0 Å². The smallest absolute Gasteiger partial charge is 0.146 e. The van der Waals surface area contributed by atoms with Gasteiger partial charge in [-0.15, -0.1) is 0 Å². The second-order valence-corrected chi connectivity index (χ2v) is 11.6. The van der Waals surface area contributed by atoms with Gasteiger partial charge < -0.3 is 4.42 Å². The summed E-state index contributed by atoms with van der Waals surface area (Å²) in [7, 11) is 0. The van der Waals surface area contributed by atoms with Gasteiger partial charge in [-0.05, 0) is 88.0 Å². The SMILES string of the molecule is c1ccc(-c2cccc(-c3cccc(-c4cc(-c5nc6ccccc6n5-c5ccccc5)c5c(c4)oc4ccccc45)c3)c2)cc1. The minimum atomic E-state index is 0.844. The van der Waals surface area contributed by atoms with E-state index in [2.05, 4.69) is 150 Å².